The summed E-state index contributed by atoms with van der Waals surface area (Å²) < 4.78 is 23.8. The molecule has 0 aliphatic carbocycles. The van der Waals surface area contributed by atoms with Crippen LogP contribution in [0.3, 0.4) is 0 Å². The number of hydrogen-bond donors (Lipinski definition) is 1. The van der Waals surface area contributed by atoms with Gasteiger partial charge in [-0.2, -0.15) is 0 Å². The van der Waals surface area contributed by atoms with Gasteiger partial charge in [0.2, 0.25) is 0 Å². The molecule has 2 aromatic carbocycles. The Labute approximate surface area is 162 Å². The number of nitrogens with one attached hydrogen (secondary N) is 1. The number of hydrogen-bond acceptors (Lipinski definition) is 4. The Bertz CT molecular complexity index is 1030. The zero-order valence-electron chi connectivity index (χ0n) is 15.8. The van der Waals surface area contributed by atoms with Crippen LogP contribution in [0.4, 0.5) is 4.39 Å². The molecule has 0 fully saturated rings. The molecule has 3 aromatic rings. The number of fused-ring (bicyclic) bond motifs is 1. The second kappa shape index (κ2) is 8.69. The minimum atomic E-state index is -0.716. The fourth-order valence-electron chi connectivity index (χ4n) is 2.96. The van der Waals surface area contributed by atoms with E-state index in [9.17, 15) is 14.0 Å². The molecule has 146 valence electrons. The third-order valence-corrected chi connectivity index (χ3v) is 4.49. The van der Waals surface area contributed by atoms with Crippen LogP contribution >= 0.6 is 0 Å². The van der Waals surface area contributed by atoms with Gasteiger partial charge >= 0.3 is 5.63 Å². The molecular formula is C22H22FNO4. The monoisotopic (exact) mass is 383 g/mol. The van der Waals surface area contributed by atoms with Crippen LogP contribution in [0.1, 0.15) is 25.0 Å². The Morgan fingerprint density at radius 3 is 2.64 bits per heavy atom. The van der Waals surface area contributed by atoms with Crippen molar-refractivity contribution in [2.75, 3.05) is 6.54 Å². The third kappa shape index (κ3) is 4.76. The van der Waals surface area contributed by atoms with Crippen molar-refractivity contribution in [2.45, 2.75) is 32.8 Å². The van der Waals surface area contributed by atoms with Crippen LogP contribution in [0.25, 0.3) is 11.0 Å². The molecule has 0 radical (unpaired) electrons. The van der Waals surface area contributed by atoms with Gasteiger partial charge in [0, 0.05) is 24.1 Å². The van der Waals surface area contributed by atoms with Crippen LogP contribution in [0.5, 0.6) is 5.75 Å². The van der Waals surface area contributed by atoms with Gasteiger partial charge in [0.25, 0.3) is 5.91 Å². The molecule has 0 bridgehead atoms. The highest BCUT2D eigenvalue weighted by Gasteiger charge is 2.15. The van der Waals surface area contributed by atoms with Crippen molar-refractivity contribution < 1.29 is 18.3 Å². The quantitative estimate of drug-likeness (QED) is 0.633. The Hall–Kier alpha value is -3.15. The molecule has 28 heavy (non-hydrogen) atoms. The molecule has 0 aliphatic heterocycles. The standard InChI is InChI=1S/C22H22FNO4/c1-3-16-12-21(25)28-20-13-18(8-9-19(16)20)27-14(2)22(26)24-11-10-15-4-6-17(23)7-5-15/h4-9,12-14H,3,10-11H2,1-2H3,(H,24,26). The summed E-state index contributed by atoms with van der Waals surface area (Å²) in [6.45, 7) is 4.04. The van der Waals surface area contributed by atoms with E-state index in [4.69, 9.17) is 9.15 Å². The lowest BCUT2D eigenvalue weighted by Gasteiger charge is -2.15. The van der Waals surface area contributed by atoms with Gasteiger partial charge in [0.1, 0.15) is 17.1 Å². The molecule has 1 N–H and O–H groups in total. The highest BCUT2D eigenvalue weighted by atomic mass is 19.1. The van der Waals surface area contributed by atoms with Crippen LogP contribution in [0.15, 0.2) is 57.7 Å². The van der Waals surface area contributed by atoms with E-state index in [0.717, 1.165) is 22.9 Å². The number of carbonyl (C=O) groups is 1. The number of carbonyl (C=O) groups excluding carboxylic acids is 1. The number of benzene rings is 2. The van der Waals surface area contributed by atoms with Gasteiger partial charge in [0.15, 0.2) is 6.10 Å². The first-order valence-corrected chi connectivity index (χ1v) is 9.22. The Balaban J connectivity index is 1.60. The SMILES string of the molecule is CCc1cc(=O)oc2cc(OC(C)C(=O)NCCc3ccc(F)cc3)ccc12. The highest BCUT2D eigenvalue weighted by Crippen LogP contribution is 2.23. The summed E-state index contributed by atoms with van der Waals surface area (Å²) >= 11 is 0. The predicted molar refractivity (Wildman–Crippen MR) is 105 cm³/mol. The van der Waals surface area contributed by atoms with E-state index in [0.29, 0.717) is 24.3 Å². The van der Waals surface area contributed by atoms with Crippen LogP contribution < -0.4 is 15.7 Å². The summed E-state index contributed by atoms with van der Waals surface area (Å²) in [5, 5.41) is 3.65. The minimum Gasteiger partial charge on any atom is -0.481 e. The van der Waals surface area contributed by atoms with Crippen molar-refractivity contribution in [2.24, 2.45) is 0 Å². The molecule has 1 aromatic heterocycles. The summed E-state index contributed by atoms with van der Waals surface area (Å²) in [6, 6.07) is 12.9. The largest absolute Gasteiger partial charge is 0.481 e. The smallest absolute Gasteiger partial charge is 0.336 e. The Kier molecular flexibility index (Phi) is 6.09. The van der Waals surface area contributed by atoms with Gasteiger partial charge in [-0.05, 0) is 55.2 Å². The van der Waals surface area contributed by atoms with Gasteiger partial charge in [-0.3, -0.25) is 4.79 Å². The lowest BCUT2D eigenvalue weighted by molar-refractivity contribution is -0.127. The van der Waals surface area contributed by atoms with Crippen LogP contribution in [0.2, 0.25) is 0 Å². The predicted octanol–water partition coefficient (Wildman–Crippen LogP) is 3.62. The van der Waals surface area contributed by atoms with Crippen LogP contribution in [0, 0.1) is 5.82 Å². The maximum absolute atomic E-state index is 12.9. The minimum absolute atomic E-state index is 0.258. The van der Waals surface area contributed by atoms with E-state index in [-0.39, 0.29) is 11.7 Å². The van der Waals surface area contributed by atoms with Gasteiger partial charge in [0.05, 0.1) is 0 Å². The van der Waals surface area contributed by atoms with Crippen molar-refractivity contribution >= 4 is 16.9 Å². The van der Waals surface area contributed by atoms with E-state index in [1.165, 1.54) is 18.2 Å². The first-order valence-electron chi connectivity index (χ1n) is 9.22. The number of amides is 1. The summed E-state index contributed by atoms with van der Waals surface area (Å²) in [5.74, 6) is -0.0943. The highest BCUT2D eigenvalue weighted by molar-refractivity contribution is 5.83. The van der Waals surface area contributed by atoms with Gasteiger partial charge in [-0.15, -0.1) is 0 Å². The first-order chi connectivity index (χ1) is 13.5. The molecule has 0 spiro atoms. The number of aryl methyl sites for hydroxylation is 1. The topological polar surface area (TPSA) is 68.5 Å². The van der Waals surface area contributed by atoms with Crippen molar-refractivity contribution in [3.05, 3.63) is 75.9 Å². The van der Waals surface area contributed by atoms with E-state index in [1.807, 2.05) is 13.0 Å². The van der Waals surface area contributed by atoms with Crippen molar-refractivity contribution in [1.29, 1.82) is 0 Å². The summed E-state index contributed by atoms with van der Waals surface area (Å²) in [4.78, 5) is 23.9. The lowest BCUT2D eigenvalue weighted by Crippen LogP contribution is -2.37. The summed E-state index contributed by atoms with van der Waals surface area (Å²) in [7, 11) is 0. The Morgan fingerprint density at radius 1 is 1.18 bits per heavy atom. The van der Waals surface area contributed by atoms with Crippen LogP contribution in [-0.2, 0) is 17.6 Å². The lowest BCUT2D eigenvalue weighted by atomic mass is 10.1. The van der Waals surface area contributed by atoms with E-state index >= 15 is 0 Å². The Morgan fingerprint density at radius 2 is 1.93 bits per heavy atom. The molecular weight excluding hydrogens is 361 g/mol. The fraction of sp³-hybridized carbons (Fsp3) is 0.273. The van der Waals surface area contributed by atoms with E-state index in [1.54, 1.807) is 31.2 Å². The van der Waals surface area contributed by atoms with Gasteiger partial charge in [-0.25, -0.2) is 9.18 Å². The average molecular weight is 383 g/mol. The zero-order chi connectivity index (χ0) is 20.1. The summed E-state index contributed by atoms with van der Waals surface area (Å²) in [5.41, 5.74) is 1.87. The maximum Gasteiger partial charge on any atom is 0.336 e. The second-order valence-electron chi connectivity index (χ2n) is 6.53. The van der Waals surface area contributed by atoms with E-state index in [2.05, 4.69) is 5.32 Å². The molecule has 0 aliphatic rings. The molecule has 1 unspecified atom stereocenters. The van der Waals surface area contributed by atoms with E-state index < -0.39 is 11.7 Å². The number of halogens is 1. The number of rotatable bonds is 7. The molecule has 5 nitrogen and oxygen atoms in total. The molecule has 6 heteroatoms. The van der Waals surface area contributed by atoms with Gasteiger partial charge in [-0.1, -0.05) is 19.1 Å². The zero-order valence-corrected chi connectivity index (χ0v) is 15.8. The second-order valence-corrected chi connectivity index (χ2v) is 6.53. The third-order valence-electron chi connectivity index (χ3n) is 4.49. The molecule has 1 heterocycles. The molecule has 1 atom stereocenters. The molecule has 1 amide bonds. The average Bonchev–Trinajstić information content (AvgIpc) is 2.68. The van der Waals surface area contributed by atoms with Crippen LogP contribution in [-0.4, -0.2) is 18.6 Å². The molecule has 0 saturated carbocycles. The van der Waals surface area contributed by atoms with Crippen molar-refractivity contribution in [3.8, 4) is 5.75 Å². The van der Waals surface area contributed by atoms with Crippen molar-refractivity contribution in [1.82, 2.24) is 5.32 Å². The first kappa shape index (κ1) is 19.6. The summed E-state index contributed by atoms with van der Waals surface area (Å²) in [6.07, 6.45) is 0.598. The maximum atomic E-state index is 12.9. The number of ether oxygens (including phenoxy) is 1. The normalized spacial score (nSPS) is 12.0. The van der Waals surface area contributed by atoms with Crippen molar-refractivity contribution in [3.63, 3.8) is 0 Å². The fourth-order valence-corrected chi connectivity index (χ4v) is 2.96. The molecule has 0 saturated heterocycles. The van der Waals surface area contributed by atoms with Gasteiger partial charge < -0.3 is 14.5 Å². The molecule has 3 rings (SSSR count).